The third-order valence-electron chi connectivity index (χ3n) is 4.06. The van der Waals surface area contributed by atoms with Crippen LogP contribution in [0.4, 0.5) is 5.69 Å². The van der Waals surface area contributed by atoms with Gasteiger partial charge in [-0.2, -0.15) is 5.26 Å². The van der Waals surface area contributed by atoms with E-state index < -0.39 is 5.92 Å². The summed E-state index contributed by atoms with van der Waals surface area (Å²) in [7, 11) is 0. The first-order chi connectivity index (χ1) is 13.1. The van der Waals surface area contributed by atoms with Gasteiger partial charge in [0, 0.05) is 18.0 Å². The smallest absolute Gasteiger partial charge is 0.234 e. The third-order valence-corrected chi connectivity index (χ3v) is 5.07. The number of phenols is 1. The van der Waals surface area contributed by atoms with Crippen LogP contribution < -0.4 is 10.6 Å². The van der Waals surface area contributed by atoms with E-state index in [1.54, 1.807) is 24.3 Å². The number of anilines is 1. The van der Waals surface area contributed by atoms with Crippen LogP contribution in [-0.2, 0) is 9.59 Å². The van der Waals surface area contributed by atoms with Crippen molar-refractivity contribution in [3.05, 3.63) is 70.8 Å². The van der Waals surface area contributed by atoms with E-state index in [1.165, 1.54) is 12.1 Å². The number of para-hydroxylation sites is 1. The maximum Gasteiger partial charge on any atom is 0.234 e. The minimum atomic E-state index is -0.399. The van der Waals surface area contributed by atoms with Crippen molar-refractivity contribution in [2.45, 2.75) is 12.3 Å². The van der Waals surface area contributed by atoms with Crippen molar-refractivity contribution in [2.75, 3.05) is 11.1 Å². The standard InChI is InChI=1S/C20H17N3O3S/c21-11-17-16(13-6-8-15(24)9-7-13)10-18(25)23-20(17)27-12-19(26)22-14-4-2-1-3-5-14/h1-9,16,24H,10,12H2,(H,22,26)(H,23,25)/t16-/m0/s1. The topological polar surface area (TPSA) is 102 Å². The van der Waals surface area contributed by atoms with Gasteiger partial charge in [0.25, 0.3) is 0 Å². The Balaban J connectivity index is 1.75. The Hall–Kier alpha value is -3.24. The van der Waals surface area contributed by atoms with Crippen molar-refractivity contribution < 1.29 is 14.7 Å². The minimum absolute atomic E-state index is 0.0674. The molecule has 1 heterocycles. The van der Waals surface area contributed by atoms with Gasteiger partial charge in [-0.15, -0.1) is 0 Å². The summed E-state index contributed by atoms with van der Waals surface area (Å²) in [6.07, 6.45) is 0.147. The number of rotatable bonds is 5. The molecule has 3 N–H and O–H groups in total. The number of nitriles is 1. The molecule has 6 nitrogen and oxygen atoms in total. The number of nitrogens with one attached hydrogen (secondary N) is 2. The number of hydrogen-bond donors (Lipinski definition) is 3. The number of carbonyl (C=O) groups is 2. The predicted molar refractivity (Wildman–Crippen MR) is 104 cm³/mol. The van der Waals surface area contributed by atoms with Crippen molar-refractivity contribution >= 4 is 29.3 Å². The van der Waals surface area contributed by atoms with Crippen LogP contribution in [0.15, 0.2) is 65.2 Å². The monoisotopic (exact) mass is 379 g/mol. The van der Waals surface area contributed by atoms with E-state index in [0.717, 1.165) is 17.3 Å². The van der Waals surface area contributed by atoms with Crippen LogP contribution in [0.1, 0.15) is 17.9 Å². The summed E-state index contributed by atoms with van der Waals surface area (Å²) in [5.74, 6) is -0.648. The fourth-order valence-corrected chi connectivity index (χ4v) is 3.66. The number of amides is 2. The predicted octanol–water partition coefficient (Wildman–Crippen LogP) is 3.10. The molecular formula is C20H17N3O3S. The molecule has 0 radical (unpaired) electrons. The number of thioether (sulfide) groups is 1. The summed E-state index contributed by atoms with van der Waals surface area (Å²) in [6.45, 7) is 0. The molecule has 1 aliphatic heterocycles. The summed E-state index contributed by atoms with van der Waals surface area (Å²) >= 11 is 1.13. The molecule has 0 saturated carbocycles. The second kappa shape index (κ2) is 8.43. The van der Waals surface area contributed by atoms with Crippen molar-refractivity contribution in [3.63, 3.8) is 0 Å². The van der Waals surface area contributed by atoms with Crippen molar-refractivity contribution in [2.24, 2.45) is 0 Å². The first-order valence-corrected chi connectivity index (χ1v) is 9.26. The van der Waals surface area contributed by atoms with Gasteiger partial charge in [-0.25, -0.2) is 0 Å². The molecule has 0 aliphatic carbocycles. The third kappa shape index (κ3) is 4.68. The number of allylic oxidation sites excluding steroid dienone is 1. The molecule has 2 aromatic carbocycles. The number of aromatic hydroxyl groups is 1. The fourth-order valence-electron chi connectivity index (χ4n) is 2.78. The van der Waals surface area contributed by atoms with Crippen LogP contribution in [0, 0.1) is 11.3 Å². The maximum absolute atomic E-state index is 12.1. The van der Waals surface area contributed by atoms with Crippen LogP contribution in [0.2, 0.25) is 0 Å². The molecule has 3 rings (SSSR count). The Morgan fingerprint density at radius 2 is 1.93 bits per heavy atom. The van der Waals surface area contributed by atoms with Gasteiger partial charge < -0.3 is 15.7 Å². The first kappa shape index (κ1) is 18.5. The molecule has 27 heavy (non-hydrogen) atoms. The molecule has 2 amide bonds. The van der Waals surface area contributed by atoms with Crippen molar-refractivity contribution in [1.82, 2.24) is 5.32 Å². The molecule has 2 aromatic rings. The van der Waals surface area contributed by atoms with E-state index in [9.17, 15) is 20.0 Å². The van der Waals surface area contributed by atoms with Gasteiger partial charge in [0.1, 0.15) is 5.75 Å². The van der Waals surface area contributed by atoms with Gasteiger partial charge in [-0.1, -0.05) is 42.1 Å². The lowest BCUT2D eigenvalue weighted by Gasteiger charge is -2.25. The lowest BCUT2D eigenvalue weighted by Crippen LogP contribution is -2.31. The molecule has 136 valence electrons. The molecule has 0 bridgehead atoms. The molecule has 0 spiro atoms. The second-order valence-corrected chi connectivity index (χ2v) is 6.94. The average molecular weight is 379 g/mol. The number of hydrogen-bond acceptors (Lipinski definition) is 5. The van der Waals surface area contributed by atoms with E-state index >= 15 is 0 Å². The van der Waals surface area contributed by atoms with Gasteiger partial charge in [-0.05, 0) is 29.8 Å². The van der Waals surface area contributed by atoms with Crippen molar-refractivity contribution in [3.8, 4) is 11.8 Å². The molecule has 1 aliphatic rings. The van der Waals surface area contributed by atoms with Gasteiger partial charge in [0.2, 0.25) is 11.8 Å². The van der Waals surface area contributed by atoms with Gasteiger partial charge in [-0.3, -0.25) is 9.59 Å². The van der Waals surface area contributed by atoms with E-state index in [1.807, 2.05) is 18.2 Å². The Labute approximate surface area is 160 Å². The van der Waals surface area contributed by atoms with Crippen LogP contribution in [0.3, 0.4) is 0 Å². The lowest BCUT2D eigenvalue weighted by atomic mass is 9.87. The quantitative estimate of drug-likeness (QED) is 0.741. The zero-order valence-electron chi connectivity index (χ0n) is 14.3. The minimum Gasteiger partial charge on any atom is -0.508 e. The maximum atomic E-state index is 12.1. The summed E-state index contributed by atoms with van der Waals surface area (Å²) in [5.41, 5.74) is 1.87. The van der Waals surface area contributed by atoms with E-state index in [4.69, 9.17) is 0 Å². The van der Waals surface area contributed by atoms with Crippen LogP contribution >= 0.6 is 11.8 Å². The van der Waals surface area contributed by atoms with Crippen LogP contribution in [0.25, 0.3) is 0 Å². The highest BCUT2D eigenvalue weighted by atomic mass is 32.2. The number of benzene rings is 2. The van der Waals surface area contributed by atoms with Gasteiger partial charge in [0.05, 0.1) is 22.4 Å². The van der Waals surface area contributed by atoms with Gasteiger partial charge in [0.15, 0.2) is 0 Å². The molecule has 0 unspecified atom stereocenters. The summed E-state index contributed by atoms with van der Waals surface area (Å²) in [5, 5.41) is 24.9. The van der Waals surface area contributed by atoms with E-state index in [0.29, 0.717) is 16.3 Å². The SMILES string of the molecule is N#CC1=C(SCC(=O)Nc2ccccc2)NC(=O)C[C@H]1c1ccc(O)cc1. The highest BCUT2D eigenvalue weighted by Gasteiger charge is 2.29. The fraction of sp³-hybridized carbons (Fsp3) is 0.150. The molecule has 0 fully saturated rings. The zero-order valence-corrected chi connectivity index (χ0v) is 15.1. The van der Waals surface area contributed by atoms with E-state index in [-0.39, 0.29) is 29.7 Å². The lowest BCUT2D eigenvalue weighted by molar-refractivity contribution is -0.121. The second-order valence-electron chi connectivity index (χ2n) is 5.95. The Bertz CT molecular complexity index is 918. The Morgan fingerprint density at radius 1 is 1.22 bits per heavy atom. The first-order valence-electron chi connectivity index (χ1n) is 8.27. The molecular weight excluding hydrogens is 362 g/mol. The highest BCUT2D eigenvalue weighted by Crippen LogP contribution is 2.36. The normalized spacial score (nSPS) is 16.4. The van der Waals surface area contributed by atoms with E-state index in [2.05, 4.69) is 16.7 Å². The van der Waals surface area contributed by atoms with Crippen molar-refractivity contribution in [1.29, 1.82) is 5.26 Å². The summed E-state index contributed by atoms with van der Waals surface area (Å²) < 4.78 is 0. The molecule has 0 aromatic heterocycles. The molecule has 0 saturated heterocycles. The summed E-state index contributed by atoms with van der Waals surface area (Å²) in [6, 6.07) is 17.7. The number of nitrogens with zero attached hydrogens (tertiary/aromatic N) is 1. The zero-order chi connectivity index (χ0) is 19.2. The van der Waals surface area contributed by atoms with Gasteiger partial charge >= 0.3 is 0 Å². The Morgan fingerprint density at radius 3 is 2.59 bits per heavy atom. The highest BCUT2D eigenvalue weighted by molar-refractivity contribution is 8.03. The largest absolute Gasteiger partial charge is 0.508 e. The summed E-state index contributed by atoms with van der Waals surface area (Å²) in [4.78, 5) is 24.2. The number of phenolic OH excluding ortho intramolecular Hbond substituents is 1. The average Bonchev–Trinajstić information content (AvgIpc) is 2.67. The van der Waals surface area contributed by atoms with Crippen LogP contribution in [0.5, 0.6) is 5.75 Å². The molecule has 7 heteroatoms. The molecule has 1 atom stereocenters. The number of carbonyl (C=O) groups excluding carboxylic acids is 2. The van der Waals surface area contributed by atoms with Crippen LogP contribution in [-0.4, -0.2) is 22.7 Å². The Kier molecular flexibility index (Phi) is 5.79.